The van der Waals surface area contributed by atoms with Gasteiger partial charge in [0.05, 0.1) is 23.5 Å². The number of aryl methyl sites for hydroxylation is 1. The standard InChI is InChI=1S/C19H23N3O5S2/c1-3-27-18(26)15-11-7-5-4-6-8-12(11)29-17(15)22-16(25)10(2)28-19-20-13(23)9-14(24)21-19/h9-10H,3-8H2,1-2H3,(H,22,25)(H2,20,21,23,24). The van der Waals surface area contributed by atoms with Crippen LogP contribution < -0.4 is 10.9 Å². The van der Waals surface area contributed by atoms with E-state index < -0.39 is 22.7 Å². The number of esters is 1. The van der Waals surface area contributed by atoms with E-state index in [9.17, 15) is 19.5 Å². The molecule has 0 bridgehead atoms. The van der Waals surface area contributed by atoms with Gasteiger partial charge in [-0.15, -0.1) is 11.3 Å². The number of aromatic nitrogens is 2. The van der Waals surface area contributed by atoms with Crippen molar-refractivity contribution in [2.45, 2.75) is 56.4 Å². The molecule has 0 saturated heterocycles. The van der Waals surface area contributed by atoms with Crippen molar-refractivity contribution >= 4 is 40.0 Å². The second-order valence-corrected chi connectivity index (χ2v) is 9.08. The number of fused-ring (bicyclic) bond motifs is 1. The van der Waals surface area contributed by atoms with Crippen LogP contribution in [0.5, 0.6) is 5.88 Å². The maximum Gasteiger partial charge on any atom is 0.341 e. The molecule has 8 nitrogen and oxygen atoms in total. The second kappa shape index (κ2) is 9.45. The maximum atomic E-state index is 12.7. The molecule has 1 amide bonds. The lowest BCUT2D eigenvalue weighted by Gasteiger charge is -2.12. The molecule has 1 unspecified atom stereocenters. The summed E-state index contributed by atoms with van der Waals surface area (Å²) in [6.07, 6.45) is 4.88. The first-order chi connectivity index (χ1) is 13.9. The molecule has 0 saturated carbocycles. The molecule has 0 fully saturated rings. The highest BCUT2D eigenvalue weighted by Gasteiger charge is 2.28. The fourth-order valence-electron chi connectivity index (χ4n) is 3.16. The summed E-state index contributed by atoms with van der Waals surface area (Å²) in [5.41, 5.74) is 0.947. The number of rotatable bonds is 6. The highest BCUT2D eigenvalue weighted by molar-refractivity contribution is 8.00. The summed E-state index contributed by atoms with van der Waals surface area (Å²) >= 11 is 2.44. The zero-order valence-electron chi connectivity index (χ0n) is 16.2. The Labute approximate surface area is 176 Å². The van der Waals surface area contributed by atoms with E-state index in [2.05, 4.69) is 15.3 Å². The Morgan fingerprint density at radius 1 is 1.38 bits per heavy atom. The van der Waals surface area contributed by atoms with Gasteiger partial charge in [0.15, 0.2) is 5.16 Å². The molecule has 156 valence electrons. The van der Waals surface area contributed by atoms with Crippen LogP contribution in [0.4, 0.5) is 5.00 Å². The Kier molecular flexibility index (Phi) is 6.96. The van der Waals surface area contributed by atoms with Crippen LogP contribution >= 0.6 is 23.1 Å². The molecule has 2 heterocycles. The van der Waals surface area contributed by atoms with Crippen molar-refractivity contribution in [3.05, 3.63) is 32.4 Å². The highest BCUT2D eigenvalue weighted by Crippen LogP contribution is 2.38. The molecule has 1 atom stereocenters. The Morgan fingerprint density at radius 3 is 2.86 bits per heavy atom. The number of aromatic hydroxyl groups is 1. The van der Waals surface area contributed by atoms with Gasteiger partial charge in [-0.25, -0.2) is 4.79 Å². The molecule has 10 heteroatoms. The van der Waals surface area contributed by atoms with Crippen molar-refractivity contribution in [3.8, 4) is 5.88 Å². The van der Waals surface area contributed by atoms with Gasteiger partial charge in [0.1, 0.15) is 5.00 Å². The molecule has 1 aliphatic rings. The molecule has 29 heavy (non-hydrogen) atoms. The van der Waals surface area contributed by atoms with Gasteiger partial charge in [0.25, 0.3) is 5.56 Å². The van der Waals surface area contributed by atoms with Gasteiger partial charge in [0.2, 0.25) is 11.8 Å². The van der Waals surface area contributed by atoms with Crippen LogP contribution in [0.25, 0.3) is 0 Å². The van der Waals surface area contributed by atoms with Gasteiger partial charge >= 0.3 is 5.97 Å². The molecule has 1 aliphatic carbocycles. The van der Waals surface area contributed by atoms with E-state index in [0.717, 1.165) is 60.4 Å². The Bertz CT molecular complexity index is 969. The Hall–Kier alpha value is -2.33. The minimum atomic E-state index is -0.614. The van der Waals surface area contributed by atoms with E-state index in [1.54, 1.807) is 13.8 Å². The summed E-state index contributed by atoms with van der Waals surface area (Å²) in [5.74, 6) is -1.15. The molecule has 0 spiro atoms. The first-order valence-electron chi connectivity index (χ1n) is 9.48. The monoisotopic (exact) mass is 437 g/mol. The van der Waals surface area contributed by atoms with Crippen molar-refractivity contribution < 1.29 is 19.4 Å². The van der Waals surface area contributed by atoms with Crippen LogP contribution in [-0.4, -0.2) is 38.8 Å². The highest BCUT2D eigenvalue weighted by atomic mass is 32.2. The van der Waals surface area contributed by atoms with Crippen molar-refractivity contribution in [2.75, 3.05) is 11.9 Å². The van der Waals surface area contributed by atoms with E-state index in [4.69, 9.17) is 4.74 Å². The number of hydrogen-bond donors (Lipinski definition) is 3. The summed E-state index contributed by atoms with van der Waals surface area (Å²) < 4.78 is 5.23. The van der Waals surface area contributed by atoms with E-state index in [-0.39, 0.29) is 17.7 Å². The van der Waals surface area contributed by atoms with Crippen molar-refractivity contribution in [1.82, 2.24) is 9.97 Å². The molecule has 0 radical (unpaired) electrons. The molecular weight excluding hydrogens is 414 g/mol. The van der Waals surface area contributed by atoms with Gasteiger partial charge in [-0.05, 0) is 45.1 Å². The van der Waals surface area contributed by atoms with Gasteiger partial charge < -0.3 is 20.1 Å². The van der Waals surface area contributed by atoms with Crippen molar-refractivity contribution in [3.63, 3.8) is 0 Å². The van der Waals surface area contributed by atoms with Crippen LogP contribution in [0, 0.1) is 0 Å². The smallest absolute Gasteiger partial charge is 0.341 e. The number of carbonyl (C=O) groups excluding carboxylic acids is 2. The molecule has 3 N–H and O–H groups in total. The van der Waals surface area contributed by atoms with Crippen LogP contribution in [0.1, 0.15) is 53.9 Å². The number of nitrogens with one attached hydrogen (secondary N) is 2. The molecular formula is C19H23N3O5S2. The minimum absolute atomic E-state index is 0.144. The van der Waals surface area contributed by atoms with Gasteiger partial charge in [-0.3, -0.25) is 9.59 Å². The zero-order chi connectivity index (χ0) is 21.0. The average Bonchev–Trinajstić information content (AvgIpc) is 2.81. The molecule has 2 aromatic heterocycles. The van der Waals surface area contributed by atoms with Crippen LogP contribution in [0.15, 0.2) is 16.0 Å². The Balaban J connectivity index is 1.81. The summed E-state index contributed by atoms with van der Waals surface area (Å²) in [4.78, 5) is 44.2. The number of anilines is 1. The number of amides is 1. The predicted octanol–water partition coefficient (Wildman–Crippen LogP) is 3.10. The summed E-state index contributed by atoms with van der Waals surface area (Å²) in [7, 11) is 0. The largest absolute Gasteiger partial charge is 0.493 e. The molecule has 0 aliphatic heterocycles. The number of aromatic amines is 1. The van der Waals surface area contributed by atoms with Crippen LogP contribution in [-0.2, 0) is 22.4 Å². The normalized spacial score (nSPS) is 14.6. The van der Waals surface area contributed by atoms with Gasteiger partial charge in [-0.1, -0.05) is 18.2 Å². The van der Waals surface area contributed by atoms with E-state index >= 15 is 0 Å². The molecule has 0 aromatic carbocycles. The van der Waals surface area contributed by atoms with Gasteiger partial charge in [-0.2, -0.15) is 4.98 Å². The number of carbonyl (C=O) groups is 2. The minimum Gasteiger partial charge on any atom is -0.493 e. The van der Waals surface area contributed by atoms with Crippen LogP contribution in [0.3, 0.4) is 0 Å². The quantitative estimate of drug-likeness (QED) is 0.275. The van der Waals surface area contributed by atoms with E-state index in [1.165, 1.54) is 11.3 Å². The average molecular weight is 438 g/mol. The second-order valence-electron chi connectivity index (χ2n) is 6.65. The number of thioether (sulfide) groups is 1. The molecule has 3 rings (SSSR count). The number of nitrogens with zero attached hydrogens (tertiary/aromatic N) is 1. The zero-order valence-corrected chi connectivity index (χ0v) is 17.9. The third-order valence-corrected chi connectivity index (χ3v) is 6.69. The van der Waals surface area contributed by atoms with E-state index in [0.29, 0.717) is 10.6 Å². The third-order valence-electron chi connectivity index (χ3n) is 4.50. The van der Waals surface area contributed by atoms with Crippen LogP contribution in [0.2, 0.25) is 0 Å². The topological polar surface area (TPSA) is 121 Å². The van der Waals surface area contributed by atoms with Crippen molar-refractivity contribution in [2.24, 2.45) is 0 Å². The lowest BCUT2D eigenvalue weighted by Crippen LogP contribution is -2.24. The summed E-state index contributed by atoms with van der Waals surface area (Å²) in [5, 5.41) is 12.3. The Morgan fingerprint density at radius 2 is 2.14 bits per heavy atom. The lowest BCUT2D eigenvalue weighted by atomic mass is 10.1. The number of thiophene rings is 1. The summed E-state index contributed by atoms with van der Waals surface area (Å²) in [6.45, 7) is 3.68. The van der Waals surface area contributed by atoms with E-state index in [1.807, 2.05) is 0 Å². The number of ether oxygens (including phenoxy) is 1. The third kappa shape index (κ3) is 5.18. The number of H-pyrrole nitrogens is 1. The lowest BCUT2D eigenvalue weighted by molar-refractivity contribution is -0.115. The molecule has 2 aromatic rings. The first-order valence-corrected chi connectivity index (χ1v) is 11.2. The fourth-order valence-corrected chi connectivity index (χ4v) is 5.25. The maximum absolute atomic E-state index is 12.7. The fraction of sp³-hybridized carbons (Fsp3) is 0.474. The SMILES string of the molecule is CCOC(=O)c1c(NC(=O)C(C)Sc2nc(O)cc(=O)[nH]2)sc2c1CCCCC2. The number of hydrogen-bond acceptors (Lipinski definition) is 8. The summed E-state index contributed by atoms with van der Waals surface area (Å²) in [6, 6.07) is 0.957. The van der Waals surface area contributed by atoms with Gasteiger partial charge in [0, 0.05) is 4.88 Å². The van der Waals surface area contributed by atoms with Crippen molar-refractivity contribution in [1.29, 1.82) is 0 Å². The first kappa shape index (κ1) is 21.4. The predicted molar refractivity (Wildman–Crippen MR) is 112 cm³/mol.